The van der Waals surface area contributed by atoms with Gasteiger partial charge in [-0.1, -0.05) is 18.0 Å². The van der Waals surface area contributed by atoms with Crippen molar-refractivity contribution in [1.29, 1.82) is 0 Å². The zero-order valence-electron chi connectivity index (χ0n) is 11.9. The smallest absolute Gasteiger partial charge is 0.241 e. The summed E-state index contributed by atoms with van der Waals surface area (Å²) in [6.45, 7) is 4.79. The number of amides is 1. The molecule has 1 aliphatic rings. The van der Waals surface area contributed by atoms with Crippen LogP contribution in [-0.2, 0) is 4.79 Å². The van der Waals surface area contributed by atoms with Crippen molar-refractivity contribution in [2.45, 2.75) is 45.3 Å². The van der Waals surface area contributed by atoms with Gasteiger partial charge in [0.2, 0.25) is 5.91 Å². The summed E-state index contributed by atoms with van der Waals surface area (Å²) in [6.07, 6.45) is 3.18. The number of benzene rings is 1. The van der Waals surface area contributed by atoms with Crippen LogP contribution < -0.4 is 15.4 Å². The lowest BCUT2D eigenvalue weighted by Gasteiger charge is -2.22. The Bertz CT molecular complexity index is 471. The first kappa shape index (κ1) is 15.1. The molecule has 5 heteroatoms. The molecule has 1 atom stereocenters. The van der Waals surface area contributed by atoms with Gasteiger partial charge in [-0.15, -0.1) is 0 Å². The number of rotatable bonds is 4. The van der Waals surface area contributed by atoms with Gasteiger partial charge in [0.25, 0.3) is 0 Å². The molecular formula is C15H21ClN2O2. The van der Waals surface area contributed by atoms with E-state index in [-0.39, 0.29) is 18.1 Å². The molecule has 1 unspecified atom stereocenters. The summed E-state index contributed by atoms with van der Waals surface area (Å²) in [7, 11) is 0. The maximum atomic E-state index is 12.1. The van der Waals surface area contributed by atoms with Crippen molar-refractivity contribution in [2.75, 3.05) is 11.9 Å². The lowest BCUT2D eigenvalue weighted by Crippen LogP contribution is -2.43. The van der Waals surface area contributed by atoms with Crippen LogP contribution in [0.2, 0.25) is 5.02 Å². The Morgan fingerprint density at radius 2 is 2.25 bits per heavy atom. The number of ether oxygens (including phenoxy) is 1. The highest BCUT2D eigenvalue weighted by atomic mass is 35.5. The lowest BCUT2D eigenvalue weighted by atomic mass is 10.0. The fourth-order valence-corrected chi connectivity index (χ4v) is 2.46. The molecule has 1 aromatic rings. The molecule has 0 aromatic heterocycles. The first-order chi connectivity index (χ1) is 9.56. The van der Waals surface area contributed by atoms with Gasteiger partial charge in [-0.05, 0) is 51.4 Å². The Kier molecular flexibility index (Phi) is 5.26. The molecule has 1 heterocycles. The van der Waals surface area contributed by atoms with Gasteiger partial charge < -0.3 is 15.4 Å². The summed E-state index contributed by atoms with van der Waals surface area (Å²) in [5.41, 5.74) is 0.698. The number of piperidine rings is 1. The van der Waals surface area contributed by atoms with Gasteiger partial charge in [-0.3, -0.25) is 4.79 Å². The number of halogens is 1. The Hall–Kier alpha value is -1.26. The van der Waals surface area contributed by atoms with E-state index >= 15 is 0 Å². The molecule has 0 aliphatic carbocycles. The normalized spacial score (nSPS) is 18.9. The molecule has 2 N–H and O–H groups in total. The van der Waals surface area contributed by atoms with Crippen molar-refractivity contribution in [2.24, 2.45) is 0 Å². The third-order valence-corrected chi connectivity index (χ3v) is 3.48. The van der Waals surface area contributed by atoms with Gasteiger partial charge in [0.1, 0.15) is 5.75 Å². The summed E-state index contributed by atoms with van der Waals surface area (Å²) in [5, 5.41) is 6.62. The first-order valence-corrected chi connectivity index (χ1v) is 7.44. The van der Waals surface area contributed by atoms with Gasteiger partial charge >= 0.3 is 0 Å². The van der Waals surface area contributed by atoms with E-state index in [4.69, 9.17) is 16.3 Å². The molecule has 1 amide bonds. The second-order valence-corrected chi connectivity index (χ2v) is 5.71. The number of hydrogen-bond donors (Lipinski definition) is 2. The standard InChI is InChI=1S/C15H21ClN2O2/c1-10(2)20-14-7-6-11(9-12(14)16)18-15(19)13-5-3-4-8-17-13/h6-7,9-10,13,17H,3-5,8H2,1-2H3,(H,18,19). The van der Waals surface area contributed by atoms with Crippen LogP contribution in [0.1, 0.15) is 33.1 Å². The fourth-order valence-electron chi connectivity index (χ4n) is 2.23. The van der Waals surface area contributed by atoms with Crippen molar-refractivity contribution in [3.63, 3.8) is 0 Å². The average Bonchev–Trinajstić information content (AvgIpc) is 2.42. The van der Waals surface area contributed by atoms with E-state index in [0.29, 0.717) is 16.5 Å². The molecule has 1 fully saturated rings. The van der Waals surface area contributed by atoms with Crippen molar-refractivity contribution in [3.05, 3.63) is 23.2 Å². The number of anilines is 1. The predicted octanol–water partition coefficient (Wildman–Crippen LogP) is 3.21. The average molecular weight is 297 g/mol. The second-order valence-electron chi connectivity index (χ2n) is 5.30. The van der Waals surface area contributed by atoms with Crippen molar-refractivity contribution in [1.82, 2.24) is 5.32 Å². The van der Waals surface area contributed by atoms with E-state index in [1.165, 1.54) is 0 Å². The van der Waals surface area contributed by atoms with E-state index in [1.807, 2.05) is 19.9 Å². The molecule has 0 radical (unpaired) electrons. The van der Waals surface area contributed by atoms with Gasteiger partial charge in [0.05, 0.1) is 17.2 Å². The summed E-state index contributed by atoms with van der Waals surface area (Å²) in [6, 6.07) is 5.21. The van der Waals surface area contributed by atoms with Crippen LogP contribution >= 0.6 is 11.6 Å². The van der Waals surface area contributed by atoms with Gasteiger partial charge in [-0.25, -0.2) is 0 Å². The largest absolute Gasteiger partial charge is 0.489 e. The van der Waals surface area contributed by atoms with Crippen LogP contribution in [0, 0.1) is 0 Å². The van der Waals surface area contributed by atoms with Crippen molar-refractivity contribution >= 4 is 23.2 Å². The van der Waals surface area contributed by atoms with Crippen LogP contribution in [-0.4, -0.2) is 24.6 Å². The summed E-state index contributed by atoms with van der Waals surface area (Å²) in [5.74, 6) is 0.633. The topological polar surface area (TPSA) is 50.4 Å². The molecular weight excluding hydrogens is 276 g/mol. The summed E-state index contributed by atoms with van der Waals surface area (Å²) in [4.78, 5) is 12.1. The minimum Gasteiger partial charge on any atom is -0.489 e. The Balaban J connectivity index is 1.99. The zero-order chi connectivity index (χ0) is 14.5. The molecule has 1 saturated heterocycles. The van der Waals surface area contributed by atoms with E-state index < -0.39 is 0 Å². The molecule has 1 aliphatic heterocycles. The molecule has 110 valence electrons. The van der Waals surface area contributed by atoms with Crippen LogP contribution in [0.3, 0.4) is 0 Å². The highest BCUT2D eigenvalue weighted by Gasteiger charge is 2.20. The first-order valence-electron chi connectivity index (χ1n) is 7.06. The molecule has 20 heavy (non-hydrogen) atoms. The van der Waals surface area contributed by atoms with Gasteiger partial charge in [-0.2, -0.15) is 0 Å². The molecule has 2 rings (SSSR count). The lowest BCUT2D eigenvalue weighted by molar-refractivity contribution is -0.118. The monoisotopic (exact) mass is 296 g/mol. The zero-order valence-corrected chi connectivity index (χ0v) is 12.7. The van der Waals surface area contributed by atoms with E-state index in [0.717, 1.165) is 25.8 Å². The predicted molar refractivity (Wildman–Crippen MR) is 81.5 cm³/mol. The Morgan fingerprint density at radius 3 is 2.85 bits per heavy atom. The second kappa shape index (κ2) is 6.95. The van der Waals surface area contributed by atoms with Crippen LogP contribution in [0.4, 0.5) is 5.69 Å². The van der Waals surface area contributed by atoms with E-state index in [1.54, 1.807) is 12.1 Å². The summed E-state index contributed by atoms with van der Waals surface area (Å²) >= 11 is 6.15. The maximum Gasteiger partial charge on any atom is 0.241 e. The Labute approximate surface area is 124 Å². The number of hydrogen-bond acceptors (Lipinski definition) is 3. The van der Waals surface area contributed by atoms with Crippen LogP contribution in [0.25, 0.3) is 0 Å². The summed E-state index contributed by atoms with van der Waals surface area (Å²) < 4.78 is 5.56. The molecule has 0 spiro atoms. The van der Waals surface area contributed by atoms with Gasteiger partial charge in [0, 0.05) is 5.69 Å². The van der Waals surface area contributed by atoms with E-state index in [9.17, 15) is 4.79 Å². The fraction of sp³-hybridized carbons (Fsp3) is 0.533. The molecule has 1 aromatic carbocycles. The maximum absolute atomic E-state index is 12.1. The van der Waals surface area contributed by atoms with E-state index in [2.05, 4.69) is 10.6 Å². The minimum absolute atomic E-state index is 0.00158. The number of carbonyl (C=O) groups is 1. The number of carbonyl (C=O) groups excluding carboxylic acids is 1. The third-order valence-electron chi connectivity index (χ3n) is 3.19. The molecule has 0 bridgehead atoms. The Morgan fingerprint density at radius 1 is 1.45 bits per heavy atom. The van der Waals surface area contributed by atoms with Gasteiger partial charge in [0.15, 0.2) is 0 Å². The molecule has 4 nitrogen and oxygen atoms in total. The van der Waals surface area contributed by atoms with Crippen molar-refractivity contribution in [3.8, 4) is 5.75 Å². The van der Waals surface area contributed by atoms with Crippen molar-refractivity contribution < 1.29 is 9.53 Å². The quantitative estimate of drug-likeness (QED) is 0.897. The van der Waals surface area contributed by atoms with Crippen LogP contribution in [0.5, 0.6) is 5.75 Å². The van der Waals surface area contributed by atoms with Crippen LogP contribution in [0.15, 0.2) is 18.2 Å². The minimum atomic E-state index is -0.103. The highest BCUT2D eigenvalue weighted by molar-refractivity contribution is 6.32. The molecule has 0 saturated carbocycles. The highest BCUT2D eigenvalue weighted by Crippen LogP contribution is 2.28. The SMILES string of the molecule is CC(C)Oc1ccc(NC(=O)C2CCCCN2)cc1Cl. The number of nitrogens with one attached hydrogen (secondary N) is 2. The third kappa shape index (κ3) is 4.12.